The molecule has 8 nitrogen and oxygen atoms in total. The van der Waals surface area contributed by atoms with E-state index in [2.05, 4.69) is 15.5 Å². The van der Waals surface area contributed by atoms with Crippen molar-refractivity contribution >= 4 is 11.7 Å². The first-order chi connectivity index (χ1) is 12.4. The Balaban J connectivity index is 1.63. The van der Waals surface area contributed by atoms with E-state index < -0.39 is 11.6 Å². The summed E-state index contributed by atoms with van der Waals surface area (Å²) in [6, 6.07) is -0.532. The highest BCUT2D eigenvalue weighted by molar-refractivity contribution is 5.99. The lowest BCUT2D eigenvalue weighted by molar-refractivity contribution is -0.130. The maximum atomic E-state index is 12.8. The number of aliphatic hydroxyl groups excluding tert-OH is 1. The van der Waals surface area contributed by atoms with Crippen molar-refractivity contribution < 1.29 is 19.2 Å². The molecule has 1 aliphatic carbocycles. The van der Waals surface area contributed by atoms with Gasteiger partial charge in [-0.25, -0.2) is 0 Å². The number of nitrogens with zero attached hydrogens (tertiary/aromatic N) is 3. The zero-order valence-electron chi connectivity index (χ0n) is 15.5. The first-order valence-corrected chi connectivity index (χ1v) is 9.44. The minimum atomic E-state index is -0.543. The van der Waals surface area contributed by atoms with Gasteiger partial charge in [-0.05, 0) is 39.5 Å². The fraction of sp³-hybridized carbons (Fsp3) is 0.778. The number of ketones is 1. The number of hydrogen-bond acceptors (Lipinski definition) is 7. The van der Waals surface area contributed by atoms with Crippen LogP contribution in [0.3, 0.4) is 0 Å². The molecule has 2 N–H and O–H groups in total. The average Bonchev–Trinajstić information content (AvgIpc) is 3.39. The van der Waals surface area contributed by atoms with Gasteiger partial charge in [-0.1, -0.05) is 18.0 Å². The molecule has 0 spiro atoms. The van der Waals surface area contributed by atoms with Crippen LogP contribution in [0.5, 0.6) is 0 Å². The molecule has 1 aromatic rings. The van der Waals surface area contributed by atoms with E-state index >= 15 is 0 Å². The summed E-state index contributed by atoms with van der Waals surface area (Å²) in [6.07, 6.45) is 5.74. The number of aromatic nitrogens is 2. The molecule has 0 bridgehead atoms. The maximum absolute atomic E-state index is 12.8. The number of rotatable bonds is 7. The van der Waals surface area contributed by atoms with Gasteiger partial charge >= 0.3 is 0 Å². The van der Waals surface area contributed by atoms with Crippen LogP contribution < -0.4 is 5.32 Å². The van der Waals surface area contributed by atoms with Crippen LogP contribution >= 0.6 is 0 Å². The van der Waals surface area contributed by atoms with Gasteiger partial charge in [0.05, 0.1) is 19.2 Å². The van der Waals surface area contributed by atoms with Crippen molar-refractivity contribution in [3.8, 4) is 0 Å². The summed E-state index contributed by atoms with van der Waals surface area (Å²) >= 11 is 0. The summed E-state index contributed by atoms with van der Waals surface area (Å²) in [5.41, 5.74) is -0.543. The van der Waals surface area contributed by atoms with Crippen molar-refractivity contribution in [1.29, 1.82) is 0 Å². The van der Waals surface area contributed by atoms with Gasteiger partial charge in [0.15, 0.2) is 0 Å². The van der Waals surface area contributed by atoms with Crippen molar-refractivity contribution in [3.05, 3.63) is 11.7 Å². The second kappa shape index (κ2) is 7.84. The SMILES string of the molecule is CC(C)(CO)NCC(=O)N1CCCC1C(=O)c1noc(C2CCCC2)n1. The molecule has 1 amide bonds. The third kappa shape index (κ3) is 4.12. The molecule has 8 heteroatoms. The molecular weight excluding hydrogens is 336 g/mol. The van der Waals surface area contributed by atoms with Gasteiger partial charge in [-0.3, -0.25) is 9.59 Å². The summed E-state index contributed by atoms with van der Waals surface area (Å²) in [6.45, 7) is 4.18. The molecule has 144 valence electrons. The second-order valence-electron chi connectivity index (χ2n) is 7.94. The number of amides is 1. The van der Waals surface area contributed by atoms with Gasteiger partial charge in [0.1, 0.15) is 0 Å². The first kappa shape index (κ1) is 19.0. The lowest BCUT2D eigenvalue weighted by atomic mass is 10.1. The van der Waals surface area contributed by atoms with Crippen molar-refractivity contribution in [2.75, 3.05) is 19.7 Å². The number of carbonyl (C=O) groups excluding carboxylic acids is 2. The van der Waals surface area contributed by atoms with Crippen LogP contribution in [0.4, 0.5) is 0 Å². The largest absolute Gasteiger partial charge is 0.394 e. The predicted octanol–water partition coefficient (Wildman–Crippen LogP) is 1.26. The number of likely N-dealkylation sites (tertiary alicyclic amines) is 1. The van der Waals surface area contributed by atoms with E-state index in [4.69, 9.17) is 4.52 Å². The molecule has 3 rings (SSSR count). The Morgan fingerprint density at radius 2 is 2.00 bits per heavy atom. The summed E-state index contributed by atoms with van der Waals surface area (Å²) in [4.78, 5) is 31.2. The van der Waals surface area contributed by atoms with Crippen LogP contribution in [0.1, 0.15) is 74.8 Å². The number of Topliss-reactive ketones (excluding diaryl/α,β-unsaturated/α-hetero) is 1. The van der Waals surface area contributed by atoms with E-state index in [-0.39, 0.29) is 36.6 Å². The van der Waals surface area contributed by atoms with Crippen molar-refractivity contribution in [3.63, 3.8) is 0 Å². The summed E-state index contributed by atoms with van der Waals surface area (Å²) in [7, 11) is 0. The molecule has 1 aliphatic heterocycles. The lowest BCUT2D eigenvalue weighted by Crippen LogP contribution is -2.50. The van der Waals surface area contributed by atoms with Gasteiger partial charge < -0.3 is 19.8 Å². The predicted molar refractivity (Wildman–Crippen MR) is 93.7 cm³/mol. The number of nitrogens with one attached hydrogen (secondary N) is 1. The first-order valence-electron chi connectivity index (χ1n) is 9.44. The molecule has 1 unspecified atom stereocenters. The molecule has 0 aromatic carbocycles. The molecule has 1 atom stereocenters. The molecule has 1 saturated heterocycles. The van der Waals surface area contributed by atoms with Crippen LogP contribution in [-0.4, -0.2) is 63.1 Å². The van der Waals surface area contributed by atoms with E-state index in [1.807, 2.05) is 13.8 Å². The molecule has 1 aromatic heterocycles. The number of hydrogen-bond donors (Lipinski definition) is 2. The number of aliphatic hydroxyl groups is 1. The molecule has 2 aliphatic rings. The van der Waals surface area contributed by atoms with Crippen molar-refractivity contribution in [2.24, 2.45) is 0 Å². The summed E-state index contributed by atoms with van der Waals surface area (Å²) in [5.74, 6) is 0.496. The van der Waals surface area contributed by atoms with Gasteiger partial charge in [0.25, 0.3) is 0 Å². The Labute approximate surface area is 153 Å². The van der Waals surface area contributed by atoms with E-state index in [0.29, 0.717) is 18.9 Å². The van der Waals surface area contributed by atoms with Crippen LogP contribution in [0, 0.1) is 0 Å². The van der Waals surface area contributed by atoms with Gasteiger partial charge in [0, 0.05) is 18.0 Å². The Morgan fingerprint density at radius 3 is 2.69 bits per heavy atom. The zero-order chi connectivity index (χ0) is 18.7. The third-order valence-corrected chi connectivity index (χ3v) is 5.36. The summed E-state index contributed by atoms with van der Waals surface area (Å²) < 4.78 is 5.31. The van der Waals surface area contributed by atoms with E-state index in [1.165, 1.54) is 0 Å². The molecular formula is C18H28N4O4. The minimum Gasteiger partial charge on any atom is -0.394 e. The topological polar surface area (TPSA) is 109 Å². The quantitative estimate of drug-likeness (QED) is 0.701. The van der Waals surface area contributed by atoms with Crippen LogP contribution in [0.2, 0.25) is 0 Å². The Morgan fingerprint density at radius 1 is 1.27 bits per heavy atom. The molecule has 26 heavy (non-hydrogen) atoms. The monoisotopic (exact) mass is 364 g/mol. The highest BCUT2D eigenvalue weighted by Gasteiger charge is 2.37. The van der Waals surface area contributed by atoms with Crippen LogP contribution in [0.15, 0.2) is 4.52 Å². The average molecular weight is 364 g/mol. The summed E-state index contributed by atoms with van der Waals surface area (Å²) in [5, 5.41) is 16.2. The van der Waals surface area contributed by atoms with E-state index in [1.54, 1.807) is 4.90 Å². The normalized spacial score (nSPS) is 21.5. The highest BCUT2D eigenvalue weighted by Crippen LogP contribution is 2.33. The zero-order valence-corrected chi connectivity index (χ0v) is 15.5. The van der Waals surface area contributed by atoms with Crippen molar-refractivity contribution in [2.45, 2.75) is 69.9 Å². The Kier molecular flexibility index (Phi) is 5.72. The van der Waals surface area contributed by atoms with Crippen molar-refractivity contribution in [1.82, 2.24) is 20.4 Å². The standard InChI is InChI=1S/C18H28N4O4/c1-18(2,11-23)19-10-14(24)22-9-5-8-13(22)15(25)16-20-17(26-21-16)12-6-3-4-7-12/h12-13,19,23H,3-11H2,1-2H3. The minimum absolute atomic E-state index is 0.0740. The molecule has 1 saturated carbocycles. The molecule has 0 radical (unpaired) electrons. The highest BCUT2D eigenvalue weighted by atomic mass is 16.5. The Hall–Kier alpha value is -1.80. The fourth-order valence-corrected chi connectivity index (χ4v) is 3.63. The number of carbonyl (C=O) groups is 2. The van der Waals surface area contributed by atoms with E-state index in [0.717, 1.165) is 32.1 Å². The second-order valence-corrected chi connectivity index (χ2v) is 7.94. The van der Waals surface area contributed by atoms with Gasteiger partial charge in [0.2, 0.25) is 23.4 Å². The van der Waals surface area contributed by atoms with Gasteiger partial charge in [-0.15, -0.1) is 0 Å². The molecule has 2 fully saturated rings. The van der Waals surface area contributed by atoms with Gasteiger partial charge in [-0.2, -0.15) is 4.98 Å². The third-order valence-electron chi connectivity index (χ3n) is 5.36. The van der Waals surface area contributed by atoms with E-state index in [9.17, 15) is 14.7 Å². The smallest absolute Gasteiger partial charge is 0.240 e. The van der Waals surface area contributed by atoms with Crippen LogP contribution in [0.25, 0.3) is 0 Å². The fourth-order valence-electron chi connectivity index (χ4n) is 3.63. The molecule has 2 heterocycles. The maximum Gasteiger partial charge on any atom is 0.240 e. The van der Waals surface area contributed by atoms with Crippen LogP contribution in [-0.2, 0) is 4.79 Å². The Bertz CT molecular complexity index is 651. The lowest BCUT2D eigenvalue weighted by Gasteiger charge is -2.27.